The quantitative estimate of drug-likeness (QED) is 0.786. The summed E-state index contributed by atoms with van der Waals surface area (Å²) in [6.07, 6.45) is 3.40. The van der Waals surface area contributed by atoms with Crippen LogP contribution in [-0.4, -0.2) is 23.4 Å². The van der Waals surface area contributed by atoms with Gasteiger partial charge < -0.3 is 4.90 Å². The van der Waals surface area contributed by atoms with E-state index < -0.39 is 0 Å². The van der Waals surface area contributed by atoms with Crippen molar-refractivity contribution < 1.29 is 4.79 Å². The average Bonchev–Trinajstić information content (AvgIpc) is 3.17. The molecule has 1 aromatic carbocycles. The molecule has 0 heterocycles. The summed E-state index contributed by atoms with van der Waals surface area (Å²) in [4.78, 5) is 14.8. The lowest BCUT2D eigenvalue weighted by atomic mass is 10.1. The van der Waals surface area contributed by atoms with Crippen molar-refractivity contribution in [2.24, 2.45) is 5.92 Å². The van der Waals surface area contributed by atoms with E-state index in [0.717, 1.165) is 41.4 Å². The first kappa shape index (κ1) is 14.6. The van der Waals surface area contributed by atoms with E-state index in [4.69, 9.17) is 0 Å². The van der Waals surface area contributed by atoms with Crippen molar-refractivity contribution in [2.75, 3.05) is 6.54 Å². The summed E-state index contributed by atoms with van der Waals surface area (Å²) < 4.78 is 0.940. The number of halogens is 1. The highest BCUT2D eigenvalue weighted by Crippen LogP contribution is 2.31. The molecule has 0 radical (unpaired) electrons. The summed E-state index contributed by atoms with van der Waals surface area (Å²) in [5.74, 6) is 0.814. The number of carbonyl (C=O) groups excluding carboxylic acids is 1. The maximum atomic E-state index is 12.7. The van der Waals surface area contributed by atoms with E-state index in [1.807, 2.05) is 25.1 Å². The van der Waals surface area contributed by atoms with Crippen molar-refractivity contribution in [2.45, 2.75) is 46.1 Å². The van der Waals surface area contributed by atoms with Crippen LogP contribution in [0.15, 0.2) is 22.7 Å². The van der Waals surface area contributed by atoms with E-state index in [2.05, 4.69) is 34.7 Å². The molecule has 0 spiro atoms. The lowest BCUT2D eigenvalue weighted by molar-refractivity contribution is 0.0734. The van der Waals surface area contributed by atoms with Gasteiger partial charge >= 0.3 is 0 Å². The Bertz CT molecular complexity index is 466. The molecule has 2 rings (SSSR count). The molecule has 1 fully saturated rings. The summed E-state index contributed by atoms with van der Waals surface area (Å²) in [5, 5.41) is 0. The van der Waals surface area contributed by atoms with Crippen LogP contribution in [0.4, 0.5) is 0 Å². The van der Waals surface area contributed by atoms with E-state index in [9.17, 15) is 4.79 Å². The van der Waals surface area contributed by atoms with Gasteiger partial charge in [0.25, 0.3) is 5.91 Å². The third kappa shape index (κ3) is 3.59. The maximum Gasteiger partial charge on any atom is 0.255 e. The van der Waals surface area contributed by atoms with Crippen molar-refractivity contribution in [3.05, 3.63) is 33.8 Å². The fourth-order valence-electron chi connectivity index (χ4n) is 2.20. The zero-order chi connectivity index (χ0) is 14.0. The lowest BCUT2D eigenvalue weighted by Crippen LogP contribution is -2.34. The molecule has 1 aliphatic carbocycles. The van der Waals surface area contributed by atoms with E-state index in [0.29, 0.717) is 12.0 Å². The van der Waals surface area contributed by atoms with Gasteiger partial charge in [-0.2, -0.15) is 0 Å². The Morgan fingerprint density at radius 2 is 2.11 bits per heavy atom. The minimum Gasteiger partial charge on any atom is -0.336 e. The molecule has 1 saturated carbocycles. The van der Waals surface area contributed by atoms with Crippen molar-refractivity contribution in [3.63, 3.8) is 0 Å². The second kappa shape index (κ2) is 6.08. The second-order valence-electron chi connectivity index (χ2n) is 5.85. The topological polar surface area (TPSA) is 20.3 Å². The van der Waals surface area contributed by atoms with Gasteiger partial charge in [0.2, 0.25) is 0 Å². The highest BCUT2D eigenvalue weighted by Gasteiger charge is 2.33. The van der Waals surface area contributed by atoms with E-state index >= 15 is 0 Å². The Kier molecular flexibility index (Phi) is 4.67. The first-order valence-corrected chi connectivity index (χ1v) is 7.86. The van der Waals surface area contributed by atoms with Gasteiger partial charge in [0.15, 0.2) is 0 Å². The molecule has 0 aliphatic heterocycles. The molecule has 1 aliphatic rings. The van der Waals surface area contributed by atoms with Crippen LogP contribution in [0.3, 0.4) is 0 Å². The number of hydrogen-bond donors (Lipinski definition) is 0. The van der Waals surface area contributed by atoms with Crippen molar-refractivity contribution >= 4 is 21.8 Å². The fraction of sp³-hybridized carbons (Fsp3) is 0.562. The molecule has 2 nitrogen and oxygen atoms in total. The first-order valence-electron chi connectivity index (χ1n) is 7.06. The van der Waals surface area contributed by atoms with Crippen LogP contribution < -0.4 is 0 Å². The highest BCUT2D eigenvalue weighted by molar-refractivity contribution is 9.10. The van der Waals surface area contributed by atoms with Crippen LogP contribution in [-0.2, 0) is 0 Å². The zero-order valence-corrected chi connectivity index (χ0v) is 13.5. The number of hydrogen-bond acceptors (Lipinski definition) is 1. The zero-order valence-electron chi connectivity index (χ0n) is 11.9. The smallest absolute Gasteiger partial charge is 0.255 e. The van der Waals surface area contributed by atoms with Crippen molar-refractivity contribution in [1.82, 2.24) is 4.90 Å². The number of carbonyl (C=O) groups is 1. The van der Waals surface area contributed by atoms with Crippen molar-refractivity contribution in [1.29, 1.82) is 0 Å². The third-order valence-electron chi connectivity index (χ3n) is 3.62. The van der Waals surface area contributed by atoms with Crippen LogP contribution >= 0.6 is 15.9 Å². The molecule has 0 unspecified atom stereocenters. The summed E-state index contributed by atoms with van der Waals surface area (Å²) >= 11 is 3.55. The summed E-state index contributed by atoms with van der Waals surface area (Å²) in [5.41, 5.74) is 1.92. The van der Waals surface area contributed by atoms with Gasteiger partial charge in [-0.1, -0.05) is 26.0 Å². The average molecular weight is 324 g/mol. The molecule has 1 aromatic rings. The molecule has 0 atom stereocenters. The Balaban J connectivity index is 2.17. The maximum absolute atomic E-state index is 12.7. The fourth-order valence-corrected chi connectivity index (χ4v) is 2.63. The molecule has 0 saturated heterocycles. The molecule has 3 heteroatoms. The van der Waals surface area contributed by atoms with E-state index in [1.165, 1.54) is 0 Å². The second-order valence-corrected chi connectivity index (χ2v) is 6.64. The molecule has 0 N–H and O–H groups in total. The van der Waals surface area contributed by atoms with Gasteiger partial charge in [-0.05, 0) is 59.7 Å². The summed E-state index contributed by atoms with van der Waals surface area (Å²) in [6, 6.07) is 6.38. The molecule has 0 aromatic heterocycles. The molecule has 1 amide bonds. The van der Waals surface area contributed by atoms with Gasteiger partial charge in [0.05, 0.1) is 5.56 Å². The molecule has 104 valence electrons. The van der Waals surface area contributed by atoms with Crippen LogP contribution in [0.2, 0.25) is 0 Å². The standard InChI is InChI=1S/C16H22BrNO/c1-11(2)9-10-18(13-7-8-13)16(19)14-6-4-5-12(3)15(14)17/h4-6,11,13H,7-10H2,1-3H3. The number of benzene rings is 1. The predicted octanol–water partition coefficient (Wildman–Crippen LogP) is 4.41. The first-order chi connectivity index (χ1) is 9.00. The largest absolute Gasteiger partial charge is 0.336 e. The van der Waals surface area contributed by atoms with Crippen LogP contribution in [0, 0.1) is 12.8 Å². The van der Waals surface area contributed by atoms with Gasteiger partial charge in [-0.3, -0.25) is 4.79 Å². The Hall–Kier alpha value is -0.830. The van der Waals surface area contributed by atoms with Crippen LogP contribution in [0.25, 0.3) is 0 Å². The van der Waals surface area contributed by atoms with Gasteiger partial charge in [0.1, 0.15) is 0 Å². The van der Waals surface area contributed by atoms with Crippen molar-refractivity contribution in [3.8, 4) is 0 Å². The Labute approximate surface area is 124 Å². The summed E-state index contributed by atoms with van der Waals surface area (Å²) in [6.45, 7) is 7.31. The third-order valence-corrected chi connectivity index (χ3v) is 4.67. The lowest BCUT2D eigenvalue weighted by Gasteiger charge is -2.24. The van der Waals surface area contributed by atoms with Gasteiger partial charge in [-0.25, -0.2) is 0 Å². The molecular weight excluding hydrogens is 302 g/mol. The van der Waals surface area contributed by atoms with Crippen LogP contribution in [0.1, 0.15) is 49.0 Å². The van der Waals surface area contributed by atoms with Gasteiger partial charge in [0, 0.05) is 17.1 Å². The minimum atomic E-state index is 0.179. The Morgan fingerprint density at radius 3 is 2.68 bits per heavy atom. The molecule has 19 heavy (non-hydrogen) atoms. The van der Waals surface area contributed by atoms with Gasteiger partial charge in [-0.15, -0.1) is 0 Å². The minimum absolute atomic E-state index is 0.179. The number of rotatable bonds is 5. The molecule has 0 bridgehead atoms. The Morgan fingerprint density at radius 1 is 1.42 bits per heavy atom. The monoisotopic (exact) mass is 323 g/mol. The SMILES string of the molecule is Cc1cccc(C(=O)N(CCC(C)C)C2CC2)c1Br. The highest BCUT2D eigenvalue weighted by atomic mass is 79.9. The normalized spacial score (nSPS) is 14.8. The summed E-state index contributed by atoms with van der Waals surface area (Å²) in [7, 11) is 0. The number of amides is 1. The van der Waals surface area contributed by atoms with Crippen LogP contribution in [0.5, 0.6) is 0 Å². The number of nitrogens with zero attached hydrogens (tertiary/aromatic N) is 1. The van der Waals surface area contributed by atoms with E-state index in [-0.39, 0.29) is 5.91 Å². The number of aryl methyl sites for hydroxylation is 1. The predicted molar refractivity (Wildman–Crippen MR) is 82.4 cm³/mol. The van der Waals surface area contributed by atoms with E-state index in [1.54, 1.807) is 0 Å². The molecular formula is C16H22BrNO.